The van der Waals surface area contributed by atoms with Crippen molar-refractivity contribution in [3.63, 3.8) is 0 Å². The number of hydrogen-bond acceptors (Lipinski definition) is 4. The van der Waals surface area contributed by atoms with Crippen LogP contribution in [-0.2, 0) is 10.4 Å². The van der Waals surface area contributed by atoms with E-state index in [-0.39, 0.29) is 18.7 Å². The lowest BCUT2D eigenvalue weighted by Crippen LogP contribution is -2.41. The zero-order valence-corrected chi connectivity index (χ0v) is 13.4. The van der Waals surface area contributed by atoms with E-state index in [4.69, 9.17) is 6.42 Å². The number of carbonyl (C=O) groups excluding carboxylic acids is 2. The van der Waals surface area contributed by atoms with Crippen molar-refractivity contribution in [1.29, 1.82) is 0 Å². The molecule has 1 unspecified atom stereocenters. The van der Waals surface area contributed by atoms with Crippen LogP contribution in [0.4, 0.5) is 5.69 Å². The van der Waals surface area contributed by atoms with E-state index in [1.807, 2.05) is 13.0 Å². The highest BCUT2D eigenvalue weighted by atomic mass is 32.1. The lowest BCUT2D eigenvalue weighted by atomic mass is 9.89. The number of anilines is 1. The molecule has 1 aliphatic rings. The molecule has 23 heavy (non-hydrogen) atoms. The summed E-state index contributed by atoms with van der Waals surface area (Å²) in [5, 5.41) is 11.0. The van der Waals surface area contributed by atoms with Crippen LogP contribution in [0.3, 0.4) is 0 Å². The number of rotatable bonds is 4. The second-order valence-corrected chi connectivity index (χ2v) is 6.77. The first-order valence-corrected chi connectivity index (χ1v) is 7.96. The minimum Gasteiger partial charge on any atom is -0.375 e. The van der Waals surface area contributed by atoms with Crippen LogP contribution in [0.2, 0.25) is 0 Å². The van der Waals surface area contributed by atoms with Gasteiger partial charge in [0.05, 0.1) is 23.5 Å². The van der Waals surface area contributed by atoms with Gasteiger partial charge in [-0.05, 0) is 25.1 Å². The highest BCUT2D eigenvalue weighted by Crippen LogP contribution is 2.42. The summed E-state index contributed by atoms with van der Waals surface area (Å²) in [4.78, 5) is 28.1. The molecule has 1 N–H and O–H groups in total. The molecule has 0 spiro atoms. The number of fused-ring (bicyclic) bond motifs is 1. The van der Waals surface area contributed by atoms with Crippen LogP contribution in [0.25, 0.3) is 0 Å². The van der Waals surface area contributed by atoms with Crippen LogP contribution in [0, 0.1) is 19.3 Å². The fourth-order valence-corrected chi connectivity index (χ4v) is 3.63. The van der Waals surface area contributed by atoms with E-state index in [0.29, 0.717) is 16.1 Å². The number of thiophene rings is 1. The number of aryl methyl sites for hydroxylation is 1. The van der Waals surface area contributed by atoms with Crippen molar-refractivity contribution in [3.05, 3.63) is 51.7 Å². The number of benzene rings is 1. The van der Waals surface area contributed by atoms with Crippen molar-refractivity contribution < 1.29 is 14.7 Å². The van der Waals surface area contributed by atoms with Crippen molar-refractivity contribution >= 4 is 28.7 Å². The Balaban J connectivity index is 1.99. The standard InChI is InChI=1S/C18H15NO3S/c1-3-10-19-14-7-5-4-6-13(14)18(22,17(19)21)11-15(20)16-9-8-12(2)23-16/h1,4-9,22H,10-11H2,2H3. The van der Waals surface area contributed by atoms with E-state index in [1.165, 1.54) is 16.2 Å². The van der Waals surface area contributed by atoms with Crippen LogP contribution >= 0.6 is 11.3 Å². The Morgan fingerprint density at radius 1 is 1.35 bits per heavy atom. The minimum absolute atomic E-state index is 0.0600. The predicted octanol–water partition coefficient (Wildman–Crippen LogP) is 2.50. The fraction of sp³-hybridized carbons (Fsp3) is 0.222. The molecule has 1 aliphatic heterocycles. The third kappa shape index (κ3) is 2.46. The Morgan fingerprint density at radius 2 is 2.09 bits per heavy atom. The van der Waals surface area contributed by atoms with Crippen LogP contribution in [-0.4, -0.2) is 23.3 Å². The summed E-state index contributed by atoms with van der Waals surface area (Å²) in [6.07, 6.45) is 5.03. The van der Waals surface area contributed by atoms with Crippen LogP contribution in [0.15, 0.2) is 36.4 Å². The van der Waals surface area contributed by atoms with E-state index in [1.54, 1.807) is 30.3 Å². The largest absolute Gasteiger partial charge is 0.375 e. The summed E-state index contributed by atoms with van der Waals surface area (Å²) in [7, 11) is 0. The summed E-state index contributed by atoms with van der Waals surface area (Å²) in [6, 6.07) is 10.5. The summed E-state index contributed by atoms with van der Waals surface area (Å²) in [5.74, 6) is 1.62. The molecule has 2 aromatic rings. The van der Waals surface area contributed by atoms with Crippen LogP contribution < -0.4 is 4.90 Å². The average Bonchev–Trinajstić information content (AvgIpc) is 3.05. The van der Waals surface area contributed by atoms with E-state index < -0.39 is 11.5 Å². The first kappa shape index (κ1) is 15.5. The number of aliphatic hydroxyl groups is 1. The fourth-order valence-electron chi connectivity index (χ4n) is 2.83. The number of carbonyl (C=O) groups is 2. The Labute approximate surface area is 138 Å². The molecule has 1 aromatic heterocycles. The quantitative estimate of drug-likeness (QED) is 0.694. The van der Waals surface area contributed by atoms with Crippen LogP contribution in [0.1, 0.15) is 26.5 Å². The van der Waals surface area contributed by atoms with Gasteiger partial charge in [0.25, 0.3) is 5.91 Å². The number of amides is 1. The van der Waals surface area contributed by atoms with Gasteiger partial charge in [0, 0.05) is 10.4 Å². The topological polar surface area (TPSA) is 57.6 Å². The molecule has 2 heterocycles. The van der Waals surface area contributed by atoms with Gasteiger partial charge in [0.15, 0.2) is 11.4 Å². The molecule has 0 radical (unpaired) electrons. The van der Waals surface area contributed by atoms with E-state index in [9.17, 15) is 14.7 Å². The van der Waals surface area contributed by atoms with Crippen LogP contribution in [0.5, 0.6) is 0 Å². The molecule has 0 fully saturated rings. The SMILES string of the molecule is C#CCN1C(=O)C(O)(CC(=O)c2ccc(C)s2)c2ccccc21. The Hall–Kier alpha value is -2.42. The van der Waals surface area contributed by atoms with E-state index in [2.05, 4.69) is 5.92 Å². The van der Waals surface area contributed by atoms with Crippen molar-refractivity contribution in [2.75, 3.05) is 11.4 Å². The van der Waals surface area contributed by atoms with Crippen molar-refractivity contribution in [2.24, 2.45) is 0 Å². The third-order valence-corrected chi connectivity index (χ3v) is 4.96. The van der Waals surface area contributed by atoms with Crippen molar-refractivity contribution in [1.82, 2.24) is 0 Å². The zero-order chi connectivity index (χ0) is 16.6. The molecule has 0 saturated carbocycles. The maximum atomic E-state index is 12.7. The molecule has 0 bridgehead atoms. The van der Waals surface area contributed by atoms with Gasteiger partial charge >= 0.3 is 0 Å². The lowest BCUT2D eigenvalue weighted by Gasteiger charge is -2.21. The number of nitrogens with zero attached hydrogens (tertiary/aromatic N) is 1. The molecule has 1 atom stereocenters. The Kier molecular flexibility index (Phi) is 3.80. The second kappa shape index (κ2) is 5.65. The maximum Gasteiger partial charge on any atom is 0.265 e. The van der Waals surface area contributed by atoms with Gasteiger partial charge < -0.3 is 5.11 Å². The predicted molar refractivity (Wildman–Crippen MR) is 89.5 cm³/mol. The molecule has 1 aromatic carbocycles. The van der Waals surface area contributed by atoms with Gasteiger partial charge in [-0.2, -0.15) is 0 Å². The monoisotopic (exact) mass is 325 g/mol. The van der Waals surface area contributed by atoms with Gasteiger partial charge in [0.1, 0.15) is 0 Å². The summed E-state index contributed by atoms with van der Waals surface area (Å²) in [6.45, 7) is 1.96. The van der Waals surface area contributed by atoms with Gasteiger partial charge in [-0.3, -0.25) is 14.5 Å². The van der Waals surface area contributed by atoms with E-state index >= 15 is 0 Å². The molecular weight excluding hydrogens is 310 g/mol. The summed E-state index contributed by atoms with van der Waals surface area (Å²) in [5.41, 5.74) is -0.863. The molecule has 3 rings (SSSR count). The van der Waals surface area contributed by atoms with E-state index in [0.717, 1.165) is 4.88 Å². The average molecular weight is 325 g/mol. The second-order valence-electron chi connectivity index (χ2n) is 5.48. The molecular formula is C18H15NO3S. The normalized spacial score (nSPS) is 19.5. The van der Waals surface area contributed by atoms with Crippen molar-refractivity contribution in [2.45, 2.75) is 18.9 Å². The van der Waals surface area contributed by atoms with Gasteiger partial charge in [0.2, 0.25) is 0 Å². The number of ketones is 1. The third-order valence-electron chi connectivity index (χ3n) is 3.92. The van der Waals surface area contributed by atoms with Gasteiger partial charge in [-0.25, -0.2) is 0 Å². The molecule has 1 amide bonds. The molecule has 4 nitrogen and oxygen atoms in total. The highest BCUT2D eigenvalue weighted by Gasteiger charge is 2.50. The minimum atomic E-state index is -1.86. The zero-order valence-electron chi connectivity index (χ0n) is 12.6. The summed E-state index contributed by atoms with van der Waals surface area (Å²) < 4.78 is 0. The molecule has 5 heteroatoms. The number of para-hydroxylation sites is 1. The number of terminal acetylenes is 1. The summed E-state index contributed by atoms with van der Waals surface area (Å²) >= 11 is 1.35. The first-order chi connectivity index (χ1) is 11.0. The Morgan fingerprint density at radius 3 is 2.74 bits per heavy atom. The molecule has 116 valence electrons. The highest BCUT2D eigenvalue weighted by molar-refractivity contribution is 7.14. The lowest BCUT2D eigenvalue weighted by molar-refractivity contribution is -0.135. The maximum absolute atomic E-state index is 12.7. The Bertz CT molecular complexity index is 833. The molecule has 0 aliphatic carbocycles. The number of Topliss-reactive ketones (excluding diaryl/α,β-unsaturated/α-hetero) is 1. The van der Waals surface area contributed by atoms with Gasteiger partial charge in [-0.15, -0.1) is 17.8 Å². The number of hydrogen-bond donors (Lipinski definition) is 1. The molecule has 0 saturated heterocycles. The van der Waals surface area contributed by atoms with Gasteiger partial charge in [-0.1, -0.05) is 24.1 Å². The smallest absolute Gasteiger partial charge is 0.265 e. The van der Waals surface area contributed by atoms with Crippen molar-refractivity contribution in [3.8, 4) is 12.3 Å². The first-order valence-electron chi connectivity index (χ1n) is 7.14.